The normalized spacial score (nSPS) is 21.7. The maximum atomic E-state index is 14.7. The molecule has 4 heterocycles. The largest absolute Gasteiger partial charge is 0.363 e. The first-order valence-electron chi connectivity index (χ1n) is 11.2. The van der Waals surface area contributed by atoms with Crippen LogP contribution in [0.15, 0.2) is 30.5 Å². The van der Waals surface area contributed by atoms with Gasteiger partial charge in [-0.25, -0.2) is 28.1 Å². The Morgan fingerprint density at radius 3 is 2.70 bits per heavy atom. The zero-order chi connectivity index (χ0) is 23.3. The smallest absolute Gasteiger partial charge is 0.266 e. The minimum Gasteiger partial charge on any atom is -0.363 e. The fraction of sp³-hybridized carbons (Fsp3) is 0.458. The van der Waals surface area contributed by atoms with E-state index in [1.54, 1.807) is 20.0 Å². The quantitative estimate of drug-likeness (QED) is 0.600. The van der Waals surface area contributed by atoms with E-state index in [9.17, 15) is 13.2 Å². The molecule has 3 atom stereocenters. The van der Waals surface area contributed by atoms with E-state index in [2.05, 4.69) is 37.1 Å². The Balaban J connectivity index is 1.47. The summed E-state index contributed by atoms with van der Waals surface area (Å²) in [7, 11) is 2.17. The van der Waals surface area contributed by atoms with Crippen molar-refractivity contribution in [3.05, 3.63) is 53.2 Å². The summed E-state index contributed by atoms with van der Waals surface area (Å²) in [6, 6.07) is 6.02. The third-order valence-electron chi connectivity index (χ3n) is 6.94. The molecule has 2 aromatic heterocycles. The number of aromatic nitrogens is 3. The number of fused-ring (bicyclic) bond motifs is 2. The number of likely N-dealkylation sites (tertiary alicyclic amines) is 1. The van der Waals surface area contributed by atoms with E-state index in [0.29, 0.717) is 29.1 Å². The summed E-state index contributed by atoms with van der Waals surface area (Å²) in [4.78, 5) is 18.4. The predicted molar refractivity (Wildman–Crippen MR) is 122 cm³/mol. The third kappa shape index (κ3) is 3.99. The molecule has 0 spiro atoms. The second-order valence-corrected chi connectivity index (χ2v) is 9.10. The van der Waals surface area contributed by atoms with E-state index < -0.39 is 23.8 Å². The number of nitrogens with one attached hydrogen (secondary N) is 1. The van der Waals surface area contributed by atoms with Crippen LogP contribution in [0.5, 0.6) is 0 Å². The SMILES string of the molecule is Cc1nc(NC(C)c2cccc(C(F)F)c2F)c2cc(N3C[C@H]4CCN(C)[C@H]4C3)ncc2n1. The summed E-state index contributed by atoms with van der Waals surface area (Å²) in [5.74, 6) is 1.69. The molecular formula is C24H27F3N6. The summed E-state index contributed by atoms with van der Waals surface area (Å²) in [5, 5.41) is 3.99. The molecule has 3 aromatic rings. The van der Waals surface area contributed by atoms with Gasteiger partial charge in [0.05, 0.1) is 23.3 Å². The lowest BCUT2D eigenvalue weighted by molar-refractivity contribution is 0.146. The molecule has 0 aliphatic carbocycles. The van der Waals surface area contributed by atoms with Gasteiger partial charge in [-0.15, -0.1) is 0 Å². The number of anilines is 2. The van der Waals surface area contributed by atoms with Crippen molar-refractivity contribution in [2.45, 2.75) is 38.8 Å². The molecule has 9 heteroatoms. The van der Waals surface area contributed by atoms with Gasteiger partial charge in [0.1, 0.15) is 23.3 Å². The second-order valence-electron chi connectivity index (χ2n) is 9.10. The standard InChI is InChI=1S/C24H27F3N6/c1-13(16-5-4-6-17(22(16)25)23(26)27)29-24-18-9-21(28-10-19(18)30-14(2)31-24)33-11-15-7-8-32(3)20(15)12-33/h4-6,9-10,13,15,20,23H,7-8,11-12H2,1-3H3,(H,29,30,31)/t13?,15-,20+/m1/s1. The zero-order valence-electron chi connectivity index (χ0n) is 18.9. The summed E-state index contributed by atoms with van der Waals surface area (Å²) < 4.78 is 41.0. The summed E-state index contributed by atoms with van der Waals surface area (Å²) >= 11 is 0. The highest BCUT2D eigenvalue weighted by Crippen LogP contribution is 2.35. The topological polar surface area (TPSA) is 57.2 Å². The van der Waals surface area contributed by atoms with Crippen molar-refractivity contribution in [2.24, 2.45) is 5.92 Å². The first kappa shape index (κ1) is 21.9. The molecule has 0 saturated carbocycles. The van der Waals surface area contributed by atoms with Gasteiger partial charge in [0.2, 0.25) is 0 Å². The molecule has 1 aromatic carbocycles. The van der Waals surface area contributed by atoms with Crippen molar-refractivity contribution in [1.29, 1.82) is 0 Å². The molecule has 6 nitrogen and oxygen atoms in total. The van der Waals surface area contributed by atoms with Crippen LogP contribution in [0.3, 0.4) is 0 Å². The number of rotatable bonds is 5. The van der Waals surface area contributed by atoms with E-state index in [4.69, 9.17) is 0 Å². The van der Waals surface area contributed by atoms with Crippen LogP contribution in [0.25, 0.3) is 10.9 Å². The fourth-order valence-corrected chi connectivity index (χ4v) is 5.13. The first-order valence-corrected chi connectivity index (χ1v) is 11.2. The van der Waals surface area contributed by atoms with Gasteiger partial charge in [-0.2, -0.15) is 0 Å². The molecule has 2 aliphatic rings. The van der Waals surface area contributed by atoms with Crippen LogP contribution in [-0.2, 0) is 0 Å². The summed E-state index contributed by atoms with van der Waals surface area (Å²) in [5.41, 5.74) is 0.252. The highest BCUT2D eigenvalue weighted by Gasteiger charge is 2.40. The minimum atomic E-state index is -2.87. The Kier molecular flexibility index (Phi) is 5.60. The molecule has 5 rings (SSSR count). The molecule has 0 bridgehead atoms. The fourth-order valence-electron chi connectivity index (χ4n) is 5.13. The average Bonchev–Trinajstić information content (AvgIpc) is 3.35. The monoisotopic (exact) mass is 456 g/mol. The van der Waals surface area contributed by atoms with Crippen LogP contribution >= 0.6 is 0 Å². The van der Waals surface area contributed by atoms with Gasteiger partial charge in [-0.05, 0) is 45.8 Å². The molecule has 2 fully saturated rings. The van der Waals surface area contributed by atoms with Crippen LogP contribution < -0.4 is 10.2 Å². The Morgan fingerprint density at radius 2 is 1.94 bits per heavy atom. The average molecular weight is 457 g/mol. The van der Waals surface area contributed by atoms with Crippen molar-refractivity contribution in [1.82, 2.24) is 19.9 Å². The zero-order valence-corrected chi connectivity index (χ0v) is 18.9. The maximum Gasteiger partial charge on any atom is 0.266 e. The molecule has 2 saturated heterocycles. The van der Waals surface area contributed by atoms with Crippen molar-refractivity contribution >= 4 is 22.5 Å². The van der Waals surface area contributed by atoms with Gasteiger partial charge >= 0.3 is 0 Å². The number of aryl methyl sites for hydroxylation is 1. The van der Waals surface area contributed by atoms with Crippen LogP contribution in [0.4, 0.5) is 24.8 Å². The minimum absolute atomic E-state index is 0.168. The van der Waals surface area contributed by atoms with Crippen LogP contribution in [0, 0.1) is 18.7 Å². The van der Waals surface area contributed by atoms with Gasteiger partial charge in [-0.1, -0.05) is 18.2 Å². The van der Waals surface area contributed by atoms with Crippen LogP contribution in [-0.4, -0.2) is 52.6 Å². The molecule has 33 heavy (non-hydrogen) atoms. The highest BCUT2D eigenvalue weighted by molar-refractivity contribution is 5.90. The number of halogens is 3. The van der Waals surface area contributed by atoms with Gasteiger partial charge < -0.3 is 15.1 Å². The highest BCUT2D eigenvalue weighted by atomic mass is 19.3. The first-order chi connectivity index (χ1) is 15.8. The van der Waals surface area contributed by atoms with E-state index in [1.807, 2.05) is 6.07 Å². The number of benzene rings is 1. The number of alkyl halides is 2. The lowest BCUT2D eigenvalue weighted by Gasteiger charge is -2.22. The van der Waals surface area contributed by atoms with Gasteiger partial charge in [0.15, 0.2) is 0 Å². The molecule has 2 aliphatic heterocycles. The maximum absolute atomic E-state index is 14.7. The van der Waals surface area contributed by atoms with Crippen molar-refractivity contribution in [2.75, 3.05) is 36.9 Å². The van der Waals surface area contributed by atoms with E-state index in [0.717, 1.165) is 36.9 Å². The Labute approximate surface area is 190 Å². The Hall–Kier alpha value is -2.94. The number of hydrogen-bond acceptors (Lipinski definition) is 6. The number of nitrogens with zero attached hydrogens (tertiary/aromatic N) is 5. The van der Waals surface area contributed by atoms with Crippen LogP contribution in [0.2, 0.25) is 0 Å². The molecule has 174 valence electrons. The van der Waals surface area contributed by atoms with Crippen molar-refractivity contribution in [3.8, 4) is 0 Å². The second kappa shape index (κ2) is 8.44. The number of pyridine rings is 1. The van der Waals surface area contributed by atoms with Gasteiger partial charge in [0, 0.05) is 30.1 Å². The van der Waals surface area contributed by atoms with E-state index in [-0.39, 0.29) is 5.56 Å². The molecule has 1 unspecified atom stereocenters. The molecular weight excluding hydrogens is 429 g/mol. The third-order valence-corrected chi connectivity index (χ3v) is 6.94. The molecule has 0 amide bonds. The number of likely N-dealkylation sites (N-methyl/N-ethyl adjacent to an activating group) is 1. The van der Waals surface area contributed by atoms with Crippen molar-refractivity contribution < 1.29 is 13.2 Å². The summed E-state index contributed by atoms with van der Waals surface area (Å²) in [6.07, 6.45) is 0.0680. The van der Waals surface area contributed by atoms with Crippen molar-refractivity contribution in [3.63, 3.8) is 0 Å². The van der Waals surface area contributed by atoms with E-state index in [1.165, 1.54) is 18.6 Å². The molecule has 1 N–H and O–H groups in total. The lowest BCUT2D eigenvalue weighted by Crippen LogP contribution is -2.32. The van der Waals surface area contributed by atoms with Crippen LogP contribution in [0.1, 0.15) is 42.8 Å². The summed E-state index contributed by atoms with van der Waals surface area (Å²) in [6.45, 7) is 6.54. The van der Waals surface area contributed by atoms with Gasteiger partial charge in [0.25, 0.3) is 6.43 Å². The molecule has 0 radical (unpaired) electrons. The predicted octanol–water partition coefficient (Wildman–Crippen LogP) is 4.72. The van der Waals surface area contributed by atoms with Gasteiger partial charge in [-0.3, -0.25) is 0 Å². The van der Waals surface area contributed by atoms with E-state index >= 15 is 0 Å². The Bertz CT molecular complexity index is 1190. The Morgan fingerprint density at radius 1 is 1.15 bits per heavy atom. The lowest BCUT2D eigenvalue weighted by atomic mass is 10.0. The number of hydrogen-bond donors (Lipinski definition) is 1.